The highest BCUT2D eigenvalue weighted by molar-refractivity contribution is 14.1. The van der Waals surface area contributed by atoms with Crippen LogP contribution in [0.1, 0.15) is 15.9 Å². The highest BCUT2D eigenvalue weighted by atomic mass is 127. The van der Waals surface area contributed by atoms with Crippen LogP contribution in [-0.4, -0.2) is 23.4 Å². The summed E-state index contributed by atoms with van der Waals surface area (Å²) >= 11 is 2.23. The van der Waals surface area contributed by atoms with Crippen LogP contribution in [0.15, 0.2) is 47.6 Å². The van der Waals surface area contributed by atoms with Gasteiger partial charge in [-0.3, -0.25) is 5.43 Å². The maximum atomic E-state index is 11.1. The first-order chi connectivity index (χ1) is 10.1. The molecule has 3 rings (SSSR count). The molecule has 5 nitrogen and oxygen atoms in total. The summed E-state index contributed by atoms with van der Waals surface area (Å²) in [5.41, 5.74) is 5.15. The van der Waals surface area contributed by atoms with Gasteiger partial charge in [0.1, 0.15) is 18.1 Å². The van der Waals surface area contributed by atoms with E-state index in [2.05, 4.69) is 33.1 Å². The normalized spacial score (nSPS) is 14.6. The standard InChI is InChI=1S/C15H11IN2O3/c16-9-5-6-14-11(7-9)13(8-21-14)18-17-12-4-2-1-3-10(12)15(19)20/h1-7,17H,8H2,(H,19,20). The molecule has 0 amide bonds. The molecule has 0 aromatic heterocycles. The Labute approximate surface area is 134 Å². The summed E-state index contributed by atoms with van der Waals surface area (Å²) in [6.45, 7) is 0.373. The molecule has 2 aromatic rings. The van der Waals surface area contributed by atoms with Crippen molar-refractivity contribution in [1.29, 1.82) is 0 Å². The number of carboxylic acids is 1. The van der Waals surface area contributed by atoms with E-state index in [1.54, 1.807) is 18.2 Å². The fraction of sp³-hybridized carbons (Fsp3) is 0.0667. The van der Waals surface area contributed by atoms with E-state index in [4.69, 9.17) is 9.84 Å². The van der Waals surface area contributed by atoms with E-state index in [1.807, 2.05) is 18.2 Å². The monoisotopic (exact) mass is 394 g/mol. The van der Waals surface area contributed by atoms with Crippen molar-refractivity contribution in [2.45, 2.75) is 0 Å². The Morgan fingerprint density at radius 3 is 2.90 bits per heavy atom. The Balaban J connectivity index is 1.89. The van der Waals surface area contributed by atoms with Crippen molar-refractivity contribution < 1.29 is 14.6 Å². The van der Waals surface area contributed by atoms with Gasteiger partial charge in [-0.2, -0.15) is 5.10 Å². The van der Waals surface area contributed by atoms with Crippen molar-refractivity contribution in [3.05, 3.63) is 57.2 Å². The summed E-state index contributed by atoms with van der Waals surface area (Å²) in [6.07, 6.45) is 0. The second kappa shape index (κ2) is 5.72. The zero-order chi connectivity index (χ0) is 14.8. The summed E-state index contributed by atoms with van der Waals surface area (Å²) in [7, 11) is 0. The third kappa shape index (κ3) is 2.85. The highest BCUT2D eigenvalue weighted by Gasteiger charge is 2.19. The van der Waals surface area contributed by atoms with E-state index in [-0.39, 0.29) is 5.56 Å². The molecule has 6 heteroatoms. The van der Waals surface area contributed by atoms with Crippen LogP contribution in [0.2, 0.25) is 0 Å². The van der Waals surface area contributed by atoms with Crippen molar-refractivity contribution >= 4 is 40.0 Å². The lowest BCUT2D eigenvalue weighted by Crippen LogP contribution is -2.08. The molecule has 0 spiro atoms. The van der Waals surface area contributed by atoms with Gasteiger partial charge < -0.3 is 9.84 Å². The predicted molar refractivity (Wildman–Crippen MR) is 88.2 cm³/mol. The molecule has 0 aliphatic carbocycles. The van der Waals surface area contributed by atoms with Crippen LogP contribution in [0.4, 0.5) is 5.69 Å². The summed E-state index contributed by atoms with van der Waals surface area (Å²) < 4.78 is 6.63. The zero-order valence-electron chi connectivity index (χ0n) is 10.8. The minimum absolute atomic E-state index is 0.184. The lowest BCUT2D eigenvalue weighted by Gasteiger charge is -2.05. The first kappa shape index (κ1) is 13.9. The predicted octanol–water partition coefficient (Wildman–Crippen LogP) is 3.20. The van der Waals surface area contributed by atoms with Crippen molar-refractivity contribution in [1.82, 2.24) is 0 Å². The Hall–Kier alpha value is -2.09. The molecular weight excluding hydrogens is 383 g/mol. The third-order valence-corrected chi connectivity index (χ3v) is 3.76. The van der Waals surface area contributed by atoms with Crippen LogP contribution in [0.25, 0.3) is 0 Å². The number of benzene rings is 2. The largest absolute Gasteiger partial charge is 0.487 e. The number of fused-ring (bicyclic) bond motifs is 1. The smallest absolute Gasteiger partial charge is 0.337 e. The molecule has 0 radical (unpaired) electrons. The van der Waals surface area contributed by atoms with Crippen LogP contribution in [-0.2, 0) is 0 Å². The zero-order valence-corrected chi connectivity index (χ0v) is 13.0. The van der Waals surface area contributed by atoms with E-state index in [1.165, 1.54) is 6.07 Å². The van der Waals surface area contributed by atoms with E-state index in [9.17, 15) is 4.79 Å². The van der Waals surface area contributed by atoms with Crippen LogP contribution in [0.3, 0.4) is 0 Å². The van der Waals surface area contributed by atoms with Gasteiger partial charge in [-0.15, -0.1) is 0 Å². The van der Waals surface area contributed by atoms with Gasteiger partial charge >= 0.3 is 5.97 Å². The van der Waals surface area contributed by atoms with Gasteiger partial charge in [-0.05, 0) is 52.9 Å². The molecule has 2 aromatic carbocycles. The van der Waals surface area contributed by atoms with Crippen molar-refractivity contribution in [3.63, 3.8) is 0 Å². The average molecular weight is 394 g/mol. The Morgan fingerprint density at radius 2 is 2.10 bits per heavy atom. The van der Waals surface area contributed by atoms with E-state index >= 15 is 0 Å². The molecule has 1 heterocycles. The number of hydrogen-bond acceptors (Lipinski definition) is 4. The summed E-state index contributed by atoms with van der Waals surface area (Å²) in [5.74, 6) is -0.196. The van der Waals surface area contributed by atoms with Crippen LogP contribution < -0.4 is 10.2 Å². The van der Waals surface area contributed by atoms with Gasteiger partial charge in [-0.1, -0.05) is 12.1 Å². The summed E-state index contributed by atoms with van der Waals surface area (Å²) in [5, 5.41) is 13.4. The molecule has 0 saturated carbocycles. The summed E-state index contributed by atoms with van der Waals surface area (Å²) in [6, 6.07) is 12.5. The van der Waals surface area contributed by atoms with Crippen molar-refractivity contribution in [2.24, 2.45) is 5.10 Å². The van der Waals surface area contributed by atoms with Crippen LogP contribution in [0, 0.1) is 3.57 Å². The second-order valence-electron chi connectivity index (χ2n) is 4.45. The number of nitrogens with zero attached hydrogens (tertiary/aromatic N) is 1. The maximum absolute atomic E-state index is 11.1. The van der Waals surface area contributed by atoms with E-state index in [0.29, 0.717) is 12.3 Å². The maximum Gasteiger partial charge on any atom is 0.337 e. The van der Waals surface area contributed by atoms with Crippen molar-refractivity contribution in [2.75, 3.05) is 12.0 Å². The average Bonchev–Trinajstić information content (AvgIpc) is 2.87. The molecule has 2 N–H and O–H groups in total. The molecule has 0 unspecified atom stereocenters. The lowest BCUT2D eigenvalue weighted by molar-refractivity contribution is 0.0698. The SMILES string of the molecule is O=C(O)c1ccccc1NN=C1COc2ccc(I)cc21. The van der Waals surface area contributed by atoms with Crippen LogP contribution in [0.5, 0.6) is 5.75 Å². The number of halogens is 1. The third-order valence-electron chi connectivity index (χ3n) is 3.09. The number of nitrogens with one attached hydrogen (secondary N) is 1. The summed E-state index contributed by atoms with van der Waals surface area (Å²) in [4.78, 5) is 11.1. The van der Waals surface area contributed by atoms with Gasteiger partial charge in [0.25, 0.3) is 0 Å². The van der Waals surface area contributed by atoms with E-state index in [0.717, 1.165) is 20.6 Å². The number of aromatic carboxylic acids is 1. The first-order valence-corrected chi connectivity index (χ1v) is 7.30. The number of carboxylic acid groups (broad SMARTS) is 1. The Kier molecular flexibility index (Phi) is 3.78. The van der Waals surface area contributed by atoms with Gasteiger partial charge in [0.15, 0.2) is 0 Å². The number of carbonyl (C=O) groups is 1. The van der Waals surface area contributed by atoms with Gasteiger partial charge in [0.05, 0.1) is 11.3 Å². The fourth-order valence-corrected chi connectivity index (χ4v) is 2.56. The van der Waals surface area contributed by atoms with Gasteiger partial charge in [-0.25, -0.2) is 4.79 Å². The topological polar surface area (TPSA) is 70.9 Å². The molecule has 0 saturated heterocycles. The Bertz CT molecular complexity index is 743. The molecule has 1 aliphatic rings. The molecule has 0 bridgehead atoms. The molecule has 21 heavy (non-hydrogen) atoms. The van der Waals surface area contributed by atoms with Gasteiger partial charge in [0, 0.05) is 9.13 Å². The molecule has 0 fully saturated rings. The minimum atomic E-state index is -0.990. The molecule has 1 aliphatic heterocycles. The number of anilines is 1. The second-order valence-corrected chi connectivity index (χ2v) is 5.70. The molecular formula is C15H11IN2O3. The fourth-order valence-electron chi connectivity index (χ4n) is 2.06. The molecule has 0 atom stereocenters. The quantitative estimate of drug-likeness (QED) is 0.620. The highest BCUT2D eigenvalue weighted by Crippen LogP contribution is 2.27. The Morgan fingerprint density at radius 1 is 1.29 bits per heavy atom. The number of hydrazone groups is 1. The number of para-hydroxylation sites is 1. The van der Waals surface area contributed by atoms with Crippen molar-refractivity contribution in [3.8, 4) is 5.75 Å². The first-order valence-electron chi connectivity index (χ1n) is 6.23. The number of hydrogen-bond donors (Lipinski definition) is 2. The molecule has 106 valence electrons. The van der Waals surface area contributed by atoms with Crippen LogP contribution >= 0.6 is 22.6 Å². The van der Waals surface area contributed by atoms with E-state index < -0.39 is 5.97 Å². The van der Waals surface area contributed by atoms with Gasteiger partial charge in [0.2, 0.25) is 0 Å². The number of ether oxygens (including phenoxy) is 1. The number of rotatable bonds is 3. The lowest BCUT2D eigenvalue weighted by atomic mass is 10.1. The minimum Gasteiger partial charge on any atom is -0.487 e.